The van der Waals surface area contributed by atoms with Crippen LogP contribution in [0.2, 0.25) is 0 Å². The monoisotopic (exact) mass is 347 g/mol. The fourth-order valence-corrected chi connectivity index (χ4v) is 5.45. The SMILES string of the molecule is CN[C@]1(C)c2ccccc2C[C@H](CCC2CCCCC2)c2ccccc21. The highest BCUT2D eigenvalue weighted by Gasteiger charge is 2.36. The van der Waals surface area contributed by atoms with Gasteiger partial charge < -0.3 is 5.32 Å². The Balaban J connectivity index is 1.70. The van der Waals surface area contributed by atoms with E-state index in [1.54, 1.807) is 5.56 Å². The van der Waals surface area contributed by atoms with Crippen LogP contribution >= 0.6 is 0 Å². The number of benzene rings is 2. The van der Waals surface area contributed by atoms with E-state index >= 15 is 0 Å². The molecular formula is C25H33N. The zero-order valence-corrected chi connectivity index (χ0v) is 16.4. The zero-order valence-electron chi connectivity index (χ0n) is 16.4. The Kier molecular flexibility index (Phi) is 5.18. The van der Waals surface area contributed by atoms with Crippen molar-refractivity contribution in [2.75, 3.05) is 7.05 Å². The van der Waals surface area contributed by atoms with Gasteiger partial charge in [0.1, 0.15) is 0 Å². The second kappa shape index (κ2) is 7.56. The summed E-state index contributed by atoms with van der Waals surface area (Å²) in [4.78, 5) is 0. The van der Waals surface area contributed by atoms with Crippen molar-refractivity contribution < 1.29 is 0 Å². The smallest absolute Gasteiger partial charge is 0.0664 e. The van der Waals surface area contributed by atoms with E-state index in [2.05, 4.69) is 67.8 Å². The Morgan fingerprint density at radius 1 is 0.885 bits per heavy atom. The van der Waals surface area contributed by atoms with Crippen LogP contribution in [-0.2, 0) is 12.0 Å². The summed E-state index contributed by atoms with van der Waals surface area (Å²) in [6.07, 6.45) is 11.2. The van der Waals surface area contributed by atoms with Gasteiger partial charge in [-0.3, -0.25) is 0 Å². The van der Waals surface area contributed by atoms with Crippen LogP contribution in [0, 0.1) is 5.92 Å². The first kappa shape index (κ1) is 17.8. The van der Waals surface area contributed by atoms with Crippen LogP contribution in [-0.4, -0.2) is 7.05 Å². The Morgan fingerprint density at radius 2 is 1.58 bits per heavy atom. The molecule has 138 valence electrons. The number of rotatable bonds is 4. The van der Waals surface area contributed by atoms with Crippen molar-refractivity contribution >= 4 is 0 Å². The van der Waals surface area contributed by atoms with Crippen LogP contribution in [0.5, 0.6) is 0 Å². The molecule has 0 amide bonds. The number of nitrogens with one attached hydrogen (secondary N) is 1. The van der Waals surface area contributed by atoms with E-state index in [1.165, 1.54) is 68.1 Å². The molecule has 0 saturated heterocycles. The van der Waals surface area contributed by atoms with Crippen LogP contribution in [0.3, 0.4) is 0 Å². The molecule has 0 aromatic heterocycles. The van der Waals surface area contributed by atoms with Crippen LogP contribution < -0.4 is 5.32 Å². The Morgan fingerprint density at radius 3 is 2.35 bits per heavy atom. The van der Waals surface area contributed by atoms with Gasteiger partial charge in [0.05, 0.1) is 5.54 Å². The highest BCUT2D eigenvalue weighted by molar-refractivity contribution is 5.50. The predicted octanol–water partition coefficient (Wildman–Crippen LogP) is 6.17. The molecule has 0 bridgehead atoms. The molecule has 0 spiro atoms. The van der Waals surface area contributed by atoms with Crippen LogP contribution in [0.4, 0.5) is 0 Å². The summed E-state index contributed by atoms with van der Waals surface area (Å²) in [5.74, 6) is 1.61. The maximum absolute atomic E-state index is 3.66. The van der Waals surface area contributed by atoms with Crippen molar-refractivity contribution in [2.45, 2.75) is 69.7 Å². The minimum atomic E-state index is -0.104. The molecule has 0 heterocycles. The van der Waals surface area contributed by atoms with Gasteiger partial charge in [0, 0.05) is 0 Å². The number of fused-ring (bicyclic) bond motifs is 2. The van der Waals surface area contributed by atoms with Gasteiger partial charge in [-0.2, -0.15) is 0 Å². The van der Waals surface area contributed by atoms with Crippen molar-refractivity contribution in [3.05, 3.63) is 70.8 Å². The van der Waals surface area contributed by atoms with Crippen molar-refractivity contribution in [3.8, 4) is 0 Å². The summed E-state index contributed by atoms with van der Waals surface area (Å²) in [5.41, 5.74) is 5.91. The lowest BCUT2D eigenvalue weighted by molar-refractivity contribution is 0.322. The minimum Gasteiger partial charge on any atom is -0.307 e. The van der Waals surface area contributed by atoms with Crippen molar-refractivity contribution in [2.24, 2.45) is 5.92 Å². The maximum atomic E-state index is 3.66. The molecular weight excluding hydrogens is 314 g/mol. The van der Waals surface area contributed by atoms with E-state index < -0.39 is 0 Å². The molecule has 1 saturated carbocycles. The zero-order chi connectivity index (χ0) is 18.0. The summed E-state index contributed by atoms with van der Waals surface area (Å²) in [7, 11) is 2.11. The van der Waals surface area contributed by atoms with E-state index in [9.17, 15) is 0 Å². The molecule has 1 heteroatoms. The van der Waals surface area contributed by atoms with Gasteiger partial charge in [0.25, 0.3) is 0 Å². The van der Waals surface area contributed by atoms with Gasteiger partial charge in [-0.25, -0.2) is 0 Å². The van der Waals surface area contributed by atoms with Gasteiger partial charge in [-0.1, -0.05) is 80.6 Å². The lowest BCUT2D eigenvalue weighted by Gasteiger charge is -2.32. The van der Waals surface area contributed by atoms with Crippen molar-refractivity contribution in [1.29, 1.82) is 0 Å². The molecule has 1 fully saturated rings. The molecule has 2 aliphatic rings. The normalized spacial score (nSPS) is 26.0. The molecule has 4 rings (SSSR count). The quantitative estimate of drug-likeness (QED) is 0.697. The lowest BCUT2D eigenvalue weighted by Crippen LogP contribution is -2.38. The Bertz CT molecular complexity index is 743. The van der Waals surface area contributed by atoms with Crippen LogP contribution in [0.25, 0.3) is 0 Å². The molecule has 1 nitrogen and oxygen atoms in total. The van der Waals surface area contributed by atoms with E-state index in [-0.39, 0.29) is 5.54 Å². The summed E-state index contributed by atoms with van der Waals surface area (Å²) < 4.78 is 0. The number of hydrogen-bond acceptors (Lipinski definition) is 1. The fourth-order valence-electron chi connectivity index (χ4n) is 5.45. The van der Waals surface area contributed by atoms with E-state index in [0.717, 1.165) is 5.92 Å². The van der Waals surface area contributed by atoms with E-state index in [0.29, 0.717) is 5.92 Å². The molecule has 1 N–H and O–H groups in total. The molecule has 0 radical (unpaired) electrons. The molecule has 2 aromatic carbocycles. The van der Waals surface area contributed by atoms with Crippen molar-refractivity contribution in [3.63, 3.8) is 0 Å². The standard InChI is InChI=1S/C25H33N/c1-25(26-2)23-14-8-6-12-21(23)18-20(22-13-7-9-15-24(22)25)17-16-19-10-4-3-5-11-19/h6-9,12-15,19-20,26H,3-5,10-11,16-18H2,1-2H3/t20-,25+/m0/s1. The molecule has 2 atom stereocenters. The first-order chi connectivity index (χ1) is 12.7. The second-order valence-corrected chi connectivity index (χ2v) is 8.60. The number of hydrogen-bond donors (Lipinski definition) is 1. The summed E-state index contributed by atoms with van der Waals surface area (Å²) >= 11 is 0. The highest BCUT2D eigenvalue weighted by atomic mass is 14.9. The average Bonchev–Trinajstić information content (AvgIpc) is 2.81. The Labute approximate surface area is 159 Å². The van der Waals surface area contributed by atoms with Gasteiger partial charge in [0.2, 0.25) is 0 Å². The topological polar surface area (TPSA) is 12.0 Å². The van der Waals surface area contributed by atoms with Crippen LogP contribution in [0.15, 0.2) is 48.5 Å². The summed E-state index contributed by atoms with van der Waals surface area (Å²) in [5, 5.41) is 3.66. The third kappa shape index (κ3) is 3.22. The third-order valence-electron chi connectivity index (χ3n) is 7.11. The van der Waals surface area contributed by atoms with Gasteiger partial charge in [-0.15, -0.1) is 0 Å². The van der Waals surface area contributed by atoms with Crippen LogP contribution in [0.1, 0.15) is 80.0 Å². The molecule has 2 aliphatic carbocycles. The van der Waals surface area contributed by atoms with Crippen molar-refractivity contribution in [1.82, 2.24) is 5.32 Å². The lowest BCUT2D eigenvalue weighted by atomic mass is 9.79. The van der Waals surface area contributed by atoms with Gasteiger partial charge >= 0.3 is 0 Å². The summed E-state index contributed by atoms with van der Waals surface area (Å²) in [6, 6.07) is 18.3. The third-order valence-corrected chi connectivity index (χ3v) is 7.11. The second-order valence-electron chi connectivity index (χ2n) is 8.60. The first-order valence-electron chi connectivity index (χ1n) is 10.6. The molecule has 0 unspecified atom stereocenters. The summed E-state index contributed by atoms with van der Waals surface area (Å²) in [6.45, 7) is 2.36. The maximum Gasteiger partial charge on any atom is 0.0664 e. The molecule has 2 aromatic rings. The first-order valence-corrected chi connectivity index (χ1v) is 10.6. The van der Waals surface area contributed by atoms with E-state index in [4.69, 9.17) is 0 Å². The predicted molar refractivity (Wildman–Crippen MR) is 111 cm³/mol. The van der Waals surface area contributed by atoms with Gasteiger partial charge in [-0.05, 0) is 67.3 Å². The Hall–Kier alpha value is -1.60. The van der Waals surface area contributed by atoms with E-state index in [1.807, 2.05) is 0 Å². The average molecular weight is 348 g/mol. The fraction of sp³-hybridized carbons (Fsp3) is 0.520. The largest absolute Gasteiger partial charge is 0.307 e. The minimum absolute atomic E-state index is 0.104. The van der Waals surface area contributed by atoms with Gasteiger partial charge in [0.15, 0.2) is 0 Å². The molecule has 0 aliphatic heterocycles. The highest BCUT2D eigenvalue weighted by Crippen LogP contribution is 2.43. The molecule has 26 heavy (non-hydrogen) atoms.